The number of pyridine rings is 2. The van der Waals surface area contributed by atoms with Crippen molar-refractivity contribution in [1.82, 2.24) is 19.8 Å². The summed E-state index contributed by atoms with van der Waals surface area (Å²) < 4.78 is 5.52. The molecule has 4 aliphatic carbocycles. The van der Waals surface area contributed by atoms with Gasteiger partial charge < -0.3 is 4.74 Å². The number of carbonyl (C=O) groups is 1. The summed E-state index contributed by atoms with van der Waals surface area (Å²) in [5, 5.41) is 1.28. The Morgan fingerprint density at radius 1 is 0.843 bits per heavy atom. The van der Waals surface area contributed by atoms with Crippen LogP contribution in [0.4, 0.5) is 4.79 Å². The SMILES string of the molecule is COC(=O)N1CCC[C@@H]2[C@@H]3Cc4nc([Si](C)(C)C)c(-c5ccc6c(n5)C[C@@H]5C[C@@H](C)C[C@@]67[C@@H]5CCCN7Cc5ccccc5)cc4[C@@]21C[C@H](C)C3. The third-order valence-corrected chi connectivity index (χ3v) is 16.3. The van der Waals surface area contributed by atoms with Crippen LogP contribution in [0.15, 0.2) is 48.5 Å². The fourth-order valence-corrected chi connectivity index (χ4v) is 14.5. The van der Waals surface area contributed by atoms with Crippen LogP contribution in [0.1, 0.15) is 93.3 Å². The first-order valence-electron chi connectivity index (χ1n) is 20.2. The van der Waals surface area contributed by atoms with E-state index in [1.807, 2.05) is 0 Å². The average molecular weight is 703 g/mol. The molecule has 9 rings (SSSR count). The molecule has 4 bridgehead atoms. The summed E-state index contributed by atoms with van der Waals surface area (Å²) in [4.78, 5) is 30.1. The van der Waals surface area contributed by atoms with E-state index in [2.05, 4.69) is 91.8 Å². The van der Waals surface area contributed by atoms with E-state index in [0.29, 0.717) is 35.5 Å². The lowest BCUT2D eigenvalue weighted by molar-refractivity contribution is -0.0967. The molecule has 6 nitrogen and oxygen atoms in total. The number of fused-ring (bicyclic) bond motifs is 2. The van der Waals surface area contributed by atoms with Crippen molar-refractivity contribution >= 4 is 19.5 Å². The molecule has 0 spiro atoms. The lowest BCUT2D eigenvalue weighted by Gasteiger charge is -2.61. The van der Waals surface area contributed by atoms with Crippen molar-refractivity contribution in [3.63, 3.8) is 0 Å². The summed E-state index contributed by atoms with van der Waals surface area (Å²) in [5.74, 6) is 3.65. The number of benzene rings is 1. The van der Waals surface area contributed by atoms with Gasteiger partial charge in [-0.1, -0.05) is 69.9 Å². The van der Waals surface area contributed by atoms with Gasteiger partial charge in [-0.2, -0.15) is 0 Å². The highest BCUT2D eigenvalue weighted by molar-refractivity contribution is 6.89. The Hall–Kier alpha value is -3.03. The number of piperidine rings is 2. The van der Waals surface area contributed by atoms with Crippen molar-refractivity contribution in [2.75, 3.05) is 20.2 Å². The number of methoxy groups -OCH3 is 1. The third-order valence-electron chi connectivity index (χ3n) is 14.5. The monoisotopic (exact) mass is 702 g/mol. The highest BCUT2D eigenvalue weighted by atomic mass is 28.3. The van der Waals surface area contributed by atoms with Crippen LogP contribution >= 0.6 is 0 Å². The zero-order valence-corrected chi connectivity index (χ0v) is 32.9. The van der Waals surface area contributed by atoms with Crippen molar-refractivity contribution in [3.8, 4) is 11.3 Å². The number of likely N-dealkylation sites (tertiary alicyclic amines) is 2. The van der Waals surface area contributed by atoms with E-state index in [4.69, 9.17) is 14.7 Å². The molecule has 51 heavy (non-hydrogen) atoms. The van der Waals surface area contributed by atoms with E-state index >= 15 is 0 Å². The average Bonchev–Trinajstić information content (AvgIpc) is 3.10. The molecule has 0 radical (unpaired) electrons. The second kappa shape index (κ2) is 12.3. The van der Waals surface area contributed by atoms with E-state index in [9.17, 15) is 4.79 Å². The van der Waals surface area contributed by atoms with Crippen molar-refractivity contribution in [2.24, 2.45) is 35.5 Å². The molecule has 4 heterocycles. The van der Waals surface area contributed by atoms with Crippen LogP contribution in [0.2, 0.25) is 19.6 Å². The number of rotatable bonds is 4. The smallest absolute Gasteiger partial charge is 0.410 e. The molecule has 2 saturated heterocycles. The first kappa shape index (κ1) is 33.8. The van der Waals surface area contributed by atoms with Gasteiger partial charge in [0.2, 0.25) is 0 Å². The Bertz CT molecular complexity index is 1840. The van der Waals surface area contributed by atoms with E-state index in [0.717, 1.165) is 51.0 Å². The van der Waals surface area contributed by atoms with Gasteiger partial charge in [0.1, 0.15) is 8.07 Å². The quantitative estimate of drug-likeness (QED) is 0.255. The number of hydrogen-bond donors (Lipinski definition) is 0. The minimum atomic E-state index is -1.88. The van der Waals surface area contributed by atoms with Gasteiger partial charge >= 0.3 is 6.09 Å². The summed E-state index contributed by atoms with van der Waals surface area (Å²) in [6.07, 6.45) is 11.5. The standard InChI is InChI=1S/C44H58N4O2Si/c1-28-20-31-22-39-36(43(25-28)34(31)14-10-18-47(43)27-30-12-8-7-9-13-30)16-17-38(45-39)33-24-37-40(46-41(33)51(4,5)6)23-32-21-29(2)26-44(37)35(32)15-11-19-48(44)42(49)50-3/h7-9,12-13,16-17,24,28-29,31-32,34-35H,10-11,14-15,18-23,25-27H2,1-6H3/t28-,29-,31+,32+,34-,35-,43-,44-/m1/s1. The van der Waals surface area contributed by atoms with Crippen LogP contribution < -0.4 is 5.32 Å². The fourth-order valence-electron chi connectivity index (χ4n) is 13.0. The number of carbonyl (C=O) groups excluding carboxylic acids is 1. The highest BCUT2D eigenvalue weighted by Crippen LogP contribution is 2.61. The molecule has 6 aliphatic rings. The molecular formula is C44H58N4O2Si. The van der Waals surface area contributed by atoms with Gasteiger partial charge in [0, 0.05) is 40.9 Å². The second-order valence-corrected chi connectivity index (χ2v) is 23.7. The van der Waals surface area contributed by atoms with Gasteiger partial charge in [0.15, 0.2) is 0 Å². The van der Waals surface area contributed by atoms with Crippen LogP contribution in [0.3, 0.4) is 0 Å². The van der Waals surface area contributed by atoms with E-state index in [1.165, 1.54) is 77.5 Å². The molecule has 2 saturated carbocycles. The van der Waals surface area contributed by atoms with E-state index < -0.39 is 8.07 Å². The topological polar surface area (TPSA) is 58.6 Å². The first-order valence-corrected chi connectivity index (χ1v) is 23.7. The maximum Gasteiger partial charge on any atom is 0.410 e. The van der Waals surface area contributed by atoms with Gasteiger partial charge in [-0.15, -0.1) is 0 Å². The van der Waals surface area contributed by atoms with Crippen molar-refractivity contribution in [3.05, 3.63) is 76.6 Å². The molecule has 1 aromatic carbocycles. The molecule has 0 unspecified atom stereocenters. The molecule has 2 aromatic heterocycles. The Balaban J connectivity index is 1.21. The molecule has 8 atom stereocenters. The van der Waals surface area contributed by atoms with Crippen LogP contribution in [0.25, 0.3) is 11.3 Å². The predicted molar refractivity (Wildman–Crippen MR) is 206 cm³/mol. The van der Waals surface area contributed by atoms with Gasteiger partial charge in [0.25, 0.3) is 0 Å². The summed E-state index contributed by atoms with van der Waals surface area (Å²) in [6.45, 7) is 15.1. The van der Waals surface area contributed by atoms with Crippen LogP contribution in [0, 0.1) is 35.5 Å². The van der Waals surface area contributed by atoms with Crippen LogP contribution in [0.5, 0.6) is 0 Å². The fraction of sp³-hybridized carbons (Fsp3) is 0.614. The maximum atomic E-state index is 13.6. The molecule has 270 valence electrons. The predicted octanol–water partition coefficient (Wildman–Crippen LogP) is 8.67. The minimum absolute atomic E-state index is 0.0494. The maximum absolute atomic E-state index is 13.6. The van der Waals surface area contributed by atoms with Gasteiger partial charge in [0.05, 0.1) is 23.9 Å². The largest absolute Gasteiger partial charge is 0.453 e. The summed E-state index contributed by atoms with van der Waals surface area (Å²) in [7, 11) is -0.323. The number of ether oxygens (including phenoxy) is 1. The Labute approximate surface area is 306 Å². The molecule has 3 aromatic rings. The number of nitrogens with zero attached hydrogens (tertiary/aromatic N) is 4. The summed E-state index contributed by atoms with van der Waals surface area (Å²) in [5.41, 5.74) is 8.79. The van der Waals surface area contributed by atoms with Crippen molar-refractivity contribution in [2.45, 2.75) is 115 Å². The normalized spacial score (nSPS) is 34.1. The van der Waals surface area contributed by atoms with Gasteiger partial charge in [-0.05, 0) is 130 Å². The van der Waals surface area contributed by atoms with Crippen molar-refractivity contribution in [1.29, 1.82) is 0 Å². The summed E-state index contributed by atoms with van der Waals surface area (Å²) in [6, 6.07) is 18.5. The highest BCUT2D eigenvalue weighted by Gasteiger charge is 2.60. The lowest BCUT2D eigenvalue weighted by Crippen LogP contribution is -2.64. The Kier molecular flexibility index (Phi) is 8.12. The molecular weight excluding hydrogens is 645 g/mol. The zero-order valence-electron chi connectivity index (χ0n) is 31.9. The summed E-state index contributed by atoms with van der Waals surface area (Å²) >= 11 is 0. The second-order valence-electron chi connectivity index (χ2n) is 18.7. The molecule has 4 fully saturated rings. The van der Waals surface area contributed by atoms with Crippen LogP contribution in [-0.2, 0) is 35.2 Å². The molecule has 7 heteroatoms. The number of amides is 1. The Morgan fingerprint density at radius 3 is 2.18 bits per heavy atom. The van der Waals surface area contributed by atoms with Gasteiger partial charge in [-0.25, -0.2) is 4.79 Å². The number of hydrogen-bond acceptors (Lipinski definition) is 5. The van der Waals surface area contributed by atoms with Gasteiger partial charge in [-0.3, -0.25) is 19.8 Å². The third kappa shape index (κ3) is 5.14. The first-order chi connectivity index (χ1) is 24.5. The lowest BCUT2D eigenvalue weighted by atomic mass is 9.53. The number of aromatic nitrogens is 2. The van der Waals surface area contributed by atoms with E-state index in [1.54, 1.807) is 7.11 Å². The molecule has 0 N–H and O–H groups in total. The minimum Gasteiger partial charge on any atom is -0.453 e. The Morgan fingerprint density at radius 2 is 1.49 bits per heavy atom. The molecule has 1 amide bonds. The zero-order chi connectivity index (χ0) is 35.3. The molecule has 2 aliphatic heterocycles. The van der Waals surface area contributed by atoms with E-state index in [-0.39, 0.29) is 17.2 Å². The van der Waals surface area contributed by atoms with Crippen LogP contribution in [-0.4, -0.2) is 54.1 Å². The van der Waals surface area contributed by atoms with Crippen molar-refractivity contribution < 1.29 is 9.53 Å².